The summed E-state index contributed by atoms with van der Waals surface area (Å²) in [6.07, 6.45) is 2.12. The predicted octanol–water partition coefficient (Wildman–Crippen LogP) is 0.695. The average Bonchev–Trinajstić information content (AvgIpc) is 2.95. The number of benzene rings is 1. The van der Waals surface area contributed by atoms with Crippen LogP contribution in [0.1, 0.15) is 29.9 Å². The zero-order chi connectivity index (χ0) is 17.3. The Hall–Kier alpha value is -1.92. The number of aliphatic hydroxyl groups excluding tert-OH is 1. The molecular formula is C18H24N2O4. The lowest BCUT2D eigenvalue weighted by molar-refractivity contribution is -0.138. The monoisotopic (exact) mass is 332 g/mol. The second-order valence-electron chi connectivity index (χ2n) is 6.83. The van der Waals surface area contributed by atoms with Crippen LogP contribution in [0.25, 0.3) is 0 Å². The minimum absolute atomic E-state index is 0.0485. The Morgan fingerprint density at radius 2 is 2.04 bits per heavy atom. The highest BCUT2D eigenvalue weighted by Gasteiger charge is 2.39. The Bertz CT molecular complexity index is 633. The molecule has 0 radical (unpaired) electrons. The van der Waals surface area contributed by atoms with Gasteiger partial charge in [-0.3, -0.25) is 14.5 Å². The summed E-state index contributed by atoms with van der Waals surface area (Å²) in [5.74, 6) is -1.03. The fraction of sp³-hybridized carbons (Fsp3) is 0.556. The van der Waals surface area contributed by atoms with Gasteiger partial charge in [-0.15, -0.1) is 0 Å². The van der Waals surface area contributed by atoms with E-state index in [1.807, 2.05) is 18.2 Å². The maximum absolute atomic E-state index is 13.0. The van der Waals surface area contributed by atoms with E-state index in [0.29, 0.717) is 6.54 Å². The number of β-amino-alcohol motifs (C(OH)–C–C–N with tert-alkyl or cyclic N) is 1. The molecule has 0 aromatic heterocycles. The highest BCUT2D eigenvalue weighted by Crippen LogP contribution is 2.34. The minimum atomic E-state index is -0.935. The summed E-state index contributed by atoms with van der Waals surface area (Å²) in [4.78, 5) is 27.1. The SMILES string of the molecule is CN(CC(=O)O)[C@@H]1CN(C(=O)[C@H]2CCCc3ccccc32)C[C@H]1O. The van der Waals surface area contributed by atoms with E-state index >= 15 is 0 Å². The second-order valence-corrected chi connectivity index (χ2v) is 6.83. The fourth-order valence-corrected chi connectivity index (χ4v) is 3.94. The van der Waals surface area contributed by atoms with E-state index in [4.69, 9.17) is 5.11 Å². The maximum Gasteiger partial charge on any atom is 0.317 e. The number of carbonyl (C=O) groups excluding carboxylic acids is 1. The van der Waals surface area contributed by atoms with Gasteiger partial charge < -0.3 is 15.1 Å². The summed E-state index contributed by atoms with van der Waals surface area (Å²) in [5.41, 5.74) is 2.34. The van der Waals surface area contributed by atoms with Gasteiger partial charge in [0.25, 0.3) is 0 Å². The van der Waals surface area contributed by atoms with Crippen LogP contribution in [0, 0.1) is 0 Å². The Kier molecular flexibility index (Phi) is 4.87. The molecule has 1 fully saturated rings. The number of carbonyl (C=O) groups is 2. The van der Waals surface area contributed by atoms with Gasteiger partial charge in [-0.05, 0) is 37.4 Å². The molecule has 0 spiro atoms. The number of amides is 1. The first-order valence-electron chi connectivity index (χ1n) is 8.44. The van der Waals surface area contributed by atoms with Crippen molar-refractivity contribution in [3.63, 3.8) is 0 Å². The van der Waals surface area contributed by atoms with E-state index < -0.39 is 12.1 Å². The first-order chi connectivity index (χ1) is 11.5. The zero-order valence-corrected chi connectivity index (χ0v) is 13.9. The minimum Gasteiger partial charge on any atom is -0.480 e. The summed E-state index contributed by atoms with van der Waals surface area (Å²) >= 11 is 0. The first kappa shape index (κ1) is 16.9. The summed E-state index contributed by atoms with van der Waals surface area (Å²) < 4.78 is 0. The van der Waals surface area contributed by atoms with Gasteiger partial charge in [0.2, 0.25) is 5.91 Å². The molecule has 1 aliphatic carbocycles. The molecule has 3 rings (SSSR count). The van der Waals surface area contributed by atoms with Crippen molar-refractivity contribution < 1.29 is 19.8 Å². The van der Waals surface area contributed by atoms with Crippen LogP contribution in [-0.4, -0.2) is 70.7 Å². The molecule has 1 aromatic carbocycles. The first-order valence-corrected chi connectivity index (χ1v) is 8.44. The number of carboxylic acid groups (broad SMARTS) is 1. The summed E-state index contributed by atoms with van der Waals surface area (Å²) in [6, 6.07) is 7.74. The zero-order valence-electron chi connectivity index (χ0n) is 13.9. The van der Waals surface area contributed by atoms with E-state index in [-0.39, 0.29) is 31.0 Å². The third kappa shape index (κ3) is 3.30. The molecule has 130 valence electrons. The predicted molar refractivity (Wildman–Crippen MR) is 88.8 cm³/mol. The number of rotatable bonds is 4. The van der Waals surface area contributed by atoms with E-state index in [1.54, 1.807) is 16.8 Å². The number of aliphatic hydroxyl groups is 1. The molecule has 1 heterocycles. The van der Waals surface area contributed by atoms with Crippen LogP contribution in [0.5, 0.6) is 0 Å². The van der Waals surface area contributed by atoms with Crippen molar-refractivity contribution >= 4 is 11.9 Å². The molecule has 6 nitrogen and oxygen atoms in total. The maximum atomic E-state index is 13.0. The van der Waals surface area contributed by atoms with Crippen molar-refractivity contribution in [2.45, 2.75) is 37.3 Å². The third-order valence-electron chi connectivity index (χ3n) is 5.19. The number of fused-ring (bicyclic) bond motifs is 1. The number of aliphatic carboxylic acids is 1. The van der Waals surface area contributed by atoms with Gasteiger partial charge in [0.05, 0.1) is 24.6 Å². The molecule has 1 aromatic rings. The largest absolute Gasteiger partial charge is 0.480 e. The van der Waals surface area contributed by atoms with Crippen LogP contribution < -0.4 is 0 Å². The molecule has 1 saturated heterocycles. The fourth-order valence-electron chi connectivity index (χ4n) is 3.94. The Morgan fingerprint density at radius 1 is 1.29 bits per heavy atom. The molecule has 24 heavy (non-hydrogen) atoms. The van der Waals surface area contributed by atoms with Gasteiger partial charge in [-0.2, -0.15) is 0 Å². The number of hydrogen-bond donors (Lipinski definition) is 2. The number of nitrogens with zero attached hydrogens (tertiary/aromatic N) is 2. The van der Waals surface area contributed by atoms with Crippen molar-refractivity contribution in [2.24, 2.45) is 0 Å². The van der Waals surface area contributed by atoms with Gasteiger partial charge in [0.1, 0.15) is 0 Å². The molecule has 2 N–H and O–H groups in total. The number of likely N-dealkylation sites (tertiary alicyclic amines) is 1. The molecule has 0 unspecified atom stereocenters. The van der Waals surface area contributed by atoms with Crippen LogP contribution in [0.4, 0.5) is 0 Å². The van der Waals surface area contributed by atoms with Gasteiger partial charge in [0, 0.05) is 13.1 Å². The highest BCUT2D eigenvalue weighted by atomic mass is 16.4. The van der Waals surface area contributed by atoms with Crippen LogP contribution in [0.2, 0.25) is 0 Å². The second kappa shape index (κ2) is 6.91. The molecule has 2 aliphatic rings. The molecule has 0 bridgehead atoms. The molecule has 3 atom stereocenters. The summed E-state index contributed by atoms with van der Waals surface area (Å²) in [5, 5.41) is 19.2. The van der Waals surface area contributed by atoms with Crippen molar-refractivity contribution in [2.75, 3.05) is 26.7 Å². The average molecular weight is 332 g/mol. The van der Waals surface area contributed by atoms with Crippen LogP contribution in [-0.2, 0) is 16.0 Å². The van der Waals surface area contributed by atoms with Crippen LogP contribution >= 0.6 is 0 Å². The van der Waals surface area contributed by atoms with E-state index in [0.717, 1.165) is 24.8 Å². The molecule has 1 aliphatic heterocycles. The van der Waals surface area contributed by atoms with E-state index in [9.17, 15) is 14.7 Å². The lowest BCUT2D eigenvalue weighted by atomic mass is 9.82. The van der Waals surface area contributed by atoms with Crippen LogP contribution in [0.15, 0.2) is 24.3 Å². The Balaban J connectivity index is 1.72. The van der Waals surface area contributed by atoms with Crippen molar-refractivity contribution in [3.05, 3.63) is 35.4 Å². The van der Waals surface area contributed by atoms with Crippen molar-refractivity contribution in [3.8, 4) is 0 Å². The number of hydrogen-bond acceptors (Lipinski definition) is 4. The summed E-state index contributed by atoms with van der Waals surface area (Å²) in [7, 11) is 1.67. The molecule has 1 amide bonds. The highest BCUT2D eigenvalue weighted by molar-refractivity contribution is 5.85. The standard InChI is InChI=1S/C18H24N2O4/c1-19(11-17(22)23)15-9-20(10-16(15)21)18(24)14-8-4-6-12-5-2-3-7-13(12)14/h2-3,5,7,14-16,21H,4,6,8-11H2,1H3,(H,22,23)/t14-,15+,16+/m0/s1. The summed E-state index contributed by atoms with van der Waals surface area (Å²) in [6.45, 7) is 0.505. The van der Waals surface area contributed by atoms with Crippen molar-refractivity contribution in [1.82, 2.24) is 9.80 Å². The third-order valence-corrected chi connectivity index (χ3v) is 5.19. The number of carboxylic acids is 1. The molecular weight excluding hydrogens is 308 g/mol. The van der Waals surface area contributed by atoms with Gasteiger partial charge in [-0.25, -0.2) is 0 Å². The smallest absolute Gasteiger partial charge is 0.317 e. The molecule has 6 heteroatoms. The molecule has 0 saturated carbocycles. The Labute approximate surface area is 141 Å². The topological polar surface area (TPSA) is 81.1 Å². The van der Waals surface area contributed by atoms with E-state index in [2.05, 4.69) is 6.07 Å². The normalized spacial score (nSPS) is 26.5. The van der Waals surface area contributed by atoms with Gasteiger partial charge >= 0.3 is 5.97 Å². The Morgan fingerprint density at radius 3 is 2.79 bits per heavy atom. The quantitative estimate of drug-likeness (QED) is 0.848. The van der Waals surface area contributed by atoms with Crippen molar-refractivity contribution in [1.29, 1.82) is 0 Å². The van der Waals surface area contributed by atoms with Gasteiger partial charge in [0.15, 0.2) is 0 Å². The lowest BCUT2D eigenvalue weighted by Gasteiger charge is -2.29. The van der Waals surface area contributed by atoms with E-state index in [1.165, 1.54) is 5.56 Å². The van der Waals surface area contributed by atoms with Gasteiger partial charge in [-0.1, -0.05) is 24.3 Å². The number of likely N-dealkylation sites (N-methyl/N-ethyl adjacent to an activating group) is 1. The van der Waals surface area contributed by atoms with Crippen LogP contribution in [0.3, 0.4) is 0 Å². The lowest BCUT2D eigenvalue weighted by Crippen LogP contribution is -2.43. The number of aryl methyl sites for hydroxylation is 1.